The van der Waals surface area contributed by atoms with E-state index in [1.807, 2.05) is 12.1 Å². The molecular weight excluding hydrogens is 208 g/mol. The number of rotatable bonds is 4. The Morgan fingerprint density at radius 1 is 1.56 bits per heavy atom. The van der Waals surface area contributed by atoms with Gasteiger partial charge in [0.2, 0.25) is 0 Å². The fourth-order valence-electron chi connectivity index (χ4n) is 1.20. The molecule has 0 aliphatic rings. The molecular formula is C10H10N4O2. The lowest BCUT2D eigenvalue weighted by Crippen LogP contribution is -2.09. The van der Waals surface area contributed by atoms with E-state index < -0.39 is 0 Å². The first kappa shape index (κ1) is 11.7. The van der Waals surface area contributed by atoms with Crippen molar-refractivity contribution < 1.29 is 9.53 Å². The summed E-state index contributed by atoms with van der Waals surface area (Å²) in [4.78, 5) is 14.8. The maximum atomic E-state index is 11.1. The normalized spacial score (nSPS) is 9.19. The Hall–Kier alpha value is -2.34. The van der Waals surface area contributed by atoms with Gasteiger partial charge in [0.25, 0.3) is 0 Å². The molecule has 6 nitrogen and oxygen atoms in total. The van der Waals surface area contributed by atoms with E-state index in [0.717, 1.165) is 0 Å². The molecule has 6 heteroatoms. The van der Waals surface area contributed by atoms with Crippen LogP contribution >= 0.6 is 0 Å². The van der Waals surface area contributed by atoms with Crippen molar-refractivity contribution in [1.82, 2.24) is 9.55 Å². The average molecular weight is 218 g/mol. The van der Waals surface area contributed by atoms with E-state index in [2.05, 4.69) is 4.98 Å². The molecule has 0 saturated heterocycles. The molecule has 0 atom stereocenters. The molecule has 0 radical (unpaired) electrons. The van der Waals surface area contributed by atoms with E-state index in [4.69, 9.17) is 15.3 Å². The molecule has 0 aromatic carbocycles. The molecule has 1 aromatic rings. The third kappa shape index (κ3) is 2.58. The summed E-state index contributed by atoms with van der Waals surface area (Å²) in [6.45, 7) is 2.34. The number of carbonyl (C=O) groups excluding carboxylic acids is 1. The number of nitriles is 2. The Kier molecular flexibility index (Phi) is 4.05. The van der Waals surface area contributed by atoms with E-state index in [1.165, 1.54) is 10.9 Å². The van der Waals surface area contributed by atoms with Crippen molar-refractivity contribution in [3.63, 3.8) is 0 Å². The number of carbonyl (C=O) groups is 1. The van der Waals surface area contributed by atoms with Crippen LogP contribution in [0.5, 0.6) is 0 Å². The van der Waals surface area contributed by atoms with Gasteiger partial charge in [-0.05, 0) is 6.92 Å². The molecule has 16 heavy (non-hydrogen) atoms. The van der Waals surface area contributed by atoms with Gasteiger partial charge in [0.15, 0.2) is 11.4 Å². The minimum atomic E-state index is -0.335. The first-order chi connectivity index (χ1) is 7.72. The molecule has 0 saturated carbocycles. The second kappa shape index (κ2) is 5.52. The number of ether oxygens (including phenoxy) is 1. The largest absolute Gasteiger partial charge is 0.466 e. The molecule has 0 fully saturated rings. The van der Waals surface area contributed by atoms with Crippen LogP contribution in [0.3, 0.4) is 0 Å². The number of esters is 1. The van der Waals surface area contributed by atoms with Crippen molar-refractivity contribution in [2.24, 2.45) is 0 Å². The lowest BCUT2D eigenvalue weighted by molar-refractivity contribution is -0.143. The predicted octanol–water partition coefficient (Wildman–Crippen LogP) is 0.580. The van der Waals surface area contributed by atoms with Crippen molar-refractivity contribution in [2.45, 2.75) is 19.9 Å². The number of aryl methyl sites for hydroxylation is 1. The fourth-order valence-corrected chi connectivity index (χ4v) is 1.20. The summed E-state index contributed by atoms with van der Waals surface area (Å²) < 4.78 is 6.22. The van der Waals surface area contributed by atoms with E-state index in [1.54, 1.807) is 6.92 Å². The summed E-state index contributed by atoms with van der Waals surface area (Å²) in [5.74, 6) is -0.335. The topological polar surface area (TPSA) is 91.7 Å². The van der Waals surface area contributed by atoms with Crippen LogP contribution in [0, 0.1) is 22.7 Å². The molecule has 0 amide bonds. The number of aromatic nitrogens is 2. The maximum absolute atomic E-state index is 11.1. The summed E-state index contributed by atoms with van der Waals surface area (Å²) in [7, 11) is 0. The van der Waals surface area contributed by atoms with Gasteiger partial charge in [0.05, 0.1) is 19.4 Å². The number of imidazole rings is 1. The van der Waals surface area contributed by atoms with Crippen molar-refractivity contribution in [1.29, 1.82) is 10.5 Å². The highest BCUT2D eigenvalue weighted by molar-refractivity contribution is 5.69. The van der Waals surface area contributed by atoms with Crippen LogP contribution in [0.25, 0.3) is 0 Å². The van der Waals surface area contributed by atoms with E-state index >= 15 is 0 Å². The van der Waals surface area contributed by atoms with Crippen molar-refractivity contribution in [2.75, 3.05) is 6.61 Å². The Morgan fingerprint density at radius 2 is 2.31 bits per heavy atom. The van der Waals surface area contributed by atoms with E-state index in [9.17, 15) is 4.79 Å². The molecule has 1 aromatic heterocycles. The summed E-state index contributed by atoms with van der Waals surface area (Å²) in [6.07, 6.45) is 1.53. The second-order valence-corrected chi connectivity index (χ2v) is 2.91. The highest BCUT2D eigenvalue weighted by Gasteiger charge is 2.11. The van der Waals surface area contributed by atoms with Crippen molar-refractivity contribution >= 4 is 5.97 Å². The predicted molar refractivity (Wildman–Crippen MR) is 52.9 cm³/mol. The van der Waals surface area contributed by atoms with Gasteiger partial charge in [-0.1, -0.05) is 0 Å². The first-order valence-electron chi connectivity index (χ1n) is 4.73. The van der Waals surface area contributed by atoms with Gasteiger partial charge in [-0.2, -0.15) is 10.5 Å². The van der Waals surface area contributed by atoms with Gasteiger partial charge in [0, 0.05) is 6.54 Å². The van der Waals surface area contributed by atoms with Crippen LogP contribution in [-0.2, 0) is 16.1 Å². The number of hydrogen-bond donors (Lipinski definition) is 0. The minimum Gasteiger partial charge on any atom is -0.466 e. The first-order valence-corrected chi connectivity index (χ1v) is 4.73. The van der Waals surface area contributed by atoms with Gasteiger partial charge in [0.1, 0.15) is 12.1 Å². The summed E-state index contributed by atoms with van der Waals surface area (Å²) in [6, 6.07) is 3.69. The van der Waals surface area contributed by atoms with Gasteiger partial charge < -0.3 is 9.30 Å². The lowest BCUT2D eigenvalue weighted by atomic mass is 10.3. The van der Waals surface area contributed by atoms with Gasteiger partial charge in [-0.25, -0.2) is 4.98 Å². The second-order valence-electron chi connectivity index (χ2n) is 2.91. The van der Waals surface area contributed by atoms with E-state index in [-0.39, 0.29) is 30.3 Å². The molecule has 0 spiro atoms. The highest BCUT2D eigenvalue weighted by Crippen LogP contribution is 2.06. The standard InChI is InChI=1S/C10H10N4O2/c1-2-16-10(15)3-4-14-7-13-8(5-11)9(14)6-12/h7H,2-4H2,1H3. The smallest absolute Gasteiger partial charge is 0.307 e. The lowest BCUT2D eigenvalue weighted by Gasteiger charge is -2.03. The number of nitrogens with zero attached hydrogens (tertiary/aromatic N) is 4. The third-order valence-electron chi connectivity index (χ3n) is 1.91. The van der Waals surface area contributed by atoms with Crippen molar-refractivity contribution in [3.05, 3.63) is 17.7 Å². The Bertz CT molecular complexity index is 464. The zero-order valence-electron chi connectivity index (χ0n) is 8.80. The maximum Gasteiger partial charge on any atom is 0.307 e. The third-order valence-corrected chi connectivity index (χ3v) is 1.91. The summed E-state index contributed by atoms with van der Waals surface area (Å²) >= 11 is 0. The zero-order valence-corrected chi connectivity index (χ0v) is 8.80. The number of hydrogen-bond acceptors (Lipinski definition) is 5. The molecule has 0 N–H and O–H groups in total. The van der Waals surface area contributed by atoms with E-state index in [0.29, 0.717) is 6.61 Å². The van der Waals surface area contributed by atoms with Crippen LogP contribution in [0.4, 0.5) is 0 Å². The van der Waals surface area contributed by atoms with Gasteiger partial charge in [-0.3, -0.25) is 4.79 Å². The zero-order chi connectivity index (χ0) is 12.0. The van der Waals surface area contributed by atoms with Crippen molar-refractivity contribution in [3.8, 4) is 12.1 Å². The highest BCUT2D eigenvalue weighted by atomic mass is 16.5. The molecule has 0 bridgehead atoms. The molecule has 1 heterocycles. The average Bonchev–Trinajstić information content (AvgIpc) is 2.68. The van der Waals surface area contributed by atoms with Crippen LogP contribution in [0.1, 0.15) is 24.7 Å². The molecule has 0 unspecified atom stereocenters. The Morgan fingerprint density at radius 3 is 2.88 bits per heavy atom. The SMILES string of the molecule is CCOC(=O)CCn1cnc(C#N)c1C#N. The molecule has 0 aliphatic carbocycles. The quantitative estimate of drug-likeness (QED) is 0.689. The van der Waals surface area contributed by atoms with Crippen LogP contribution in [-0.4, -0.2) is 22.1 Å². The molecule has 82 valence electrons. The molecule has 1 rings (SSSR count). The summed E-state index contributed by atoms with van der Waals surface area (Å²) in [5.41, 5.74) is 0.248. The van der Waals surface area contributed by atoms with Gasteiger partial charge >= 0.3 is 5.97 Å². The Balaban J connectivity index is 2.69. The van der Waals surface area contributed by atoms with Gasteiger partial charge in [-0.15, -0.1) is 0 Å². The fraction of sp³-hybridized carbons (Fsp3) is 0.400. The molecule has 0 aliphatic heterocycles. The van der Waals surface area contributed by atoms with Crippen LogP contribution < -0.4 is 0 Å². The summed E-state index contributed by atoms with van der Waals surface area (Å²) in [5, 5.41) is 17.5. The van der Waals surface area contributed by atoms with Crippen LogP contribution in [0.2, 0.25) is 0 Å². The monoisotopic (exact) mass is 218 g/mol. The van der Waals surface area contributed by atoms with Crippen LogP contribution in [0.15, 0.2) is 6.33 Å². The Labute approximate surface area is 92.7 Å². The minimum absolute atomic E-state index is 0.0753.